The standard InChI is InChI=1S/C35H38N6O4/c36-30(33(37)40-41(44)45)21-22-31(39-35(43)32(27-17-9-3-10-18-27)28-19-11-4-12-20-28)34(42)38-24-23-29(25-13-5-1-6-14-25)26-15-7-2-8-16-26/h1-20,29-32H,21-24,36H2,(H2,37,40)(H,38,42)(H,39,43)/t30?,31-/m0/s1. The average molecular weight is 607 g/mol. The number of amides is 2. The first-order chi connectivity index (χ1) is 21.8. The molecule has 10 heteroatoms. The fourth-order valence-electron chi connectivity index (χ4n) is 5.33. The quantitative estimate of drug-likeness (QED) is 0.0682. The average Bonchev–Trinajstić information content (AvgIpc) is 3.06. The molecule has 6 N–H and O–H groups in total. The fraction of sp³-hybridized carbons (Fsp3) is 0.229. The van der Waals surface area contributed by atoms with Crippen LogP contribution in [0.3, 0.4) is 0 Å². The molecule has 0 saturated carbocycles. The van der Waals surface area contributed by atoms with Crippen LogP contribution in [0.4, 0.5) is 0 Å². The second-order valence-electron chi connectivity index (χ2n) is 10.7. The number of nitrogens with zero attached hydrogens (tertiary/aromatic N) is 2. The largest absolute Gasteiger partial charge is 0.381 e. The van der Waals surface area contributed by atoms with Gasteiger partial charge in [0, 0.05) is 12.5 Å². The second-order valence-corrected chi connectivity index (χ2v) is 10.7. The number of hydrogen-bond acceptors (Lipinski definition) is 5. The molecule has 0 spiro atoms. The summed E-state index contributed by atoms with van der Waals surface area (Å²) in [6.45, 7) is 0.345. The van der Waals surface area contributed by atoms with E-state index in [9.17, 15) is 19.7 Å². The summed E-state index contributed by atoms with van der Waals surface area (Å²) in [6, 6.07) is 36.8. The highest BCUT2D eigenvalue weighted by molar-refractivity contribution is 5.92. The monoisotopic (exact) mass is 606 g/mol. The summed E-state index contributed by atoms with van der Waals surface area (Å²) in [4.78, 5) is 38.3. The summed E-state index contributed by atoms with van der Waals surface area (Å²) in [6.07, 6.45) is 0.794. The van der Waals surface area contributed by atoms with Crippen molar-refractivity contribution in [1.29, 1.82) is 0 Å². The third-order valence-electron chi connectivity index (χ3n) is 7.64. The molecule has 0 bridgehead atoms. The Morgan fingerprint density at radius 1 is 0.689 bits per heavy atom. The summed E-state index contributed by atoms with van der Waals surface area (Å²) < 4.78 is 0. The van der Waals surface area contributed by atoms with E-state index in [1.54, 1.807) is 0 Å². The lowest BCUT2D eigenvalue weighted by Gasteiger charge is -2.24. The molecular formula is C35H38N6O4. The van der Waals surface area contributed by atoms with Crippen molar-refractivity contribution in [2.45, 2.75) is 43.2 Å². The van der Waals surface area contributed by atoms with E-state index in [0.717, 1.165) is 22.3 Å². The predicted molar refractivity (Wildman–Crippen MR) is 175 cm³/mol. The maximum Gasteiger partial charge on any atom is 0.242 e. The highest BCUT2D eigenvalue weighted by Crippen LogP contribution is 2.28. The van der Waals surface area contributed by atoms with Gasteiger partial charge < -0.3 is 22.1 Å². The van der Waals surface area contributed by atoms with E-state index in [2.05, 4.69) is 40.0 Å². The Labute approximate surface area is 262 Å². The highest BCUT2D eigenvalue weighted by atomic mass is 16.7. The first-order valence-electron chi connectivity index (χ1n) is 14.8. The molecule has 0 fully saturated rings. The van der Waals surface area contributed by atoms with E-state index >= 15 is 0 Å². The van der Waals surface area contributed by atoms with Gasteiger partial charge in [0.15, 0.2) is 10.9 Å². The maximum absolute atomic E-state index is 13.9. The van der Waals surface area contributed by atoms with Crippen LogP contribution in [0.25, 0.3) is 0 Å². The summed E-state index contributed by atoms with van der Waals surface area (Å²) in [5.41, 5.74) is 15.6. The number of nitro groups is 1. The lowest BCUT2D eigenvalue weighted by Crippen LogP contribution is -2.49. The van der Waals surface area contributed by atoms with E-state index < -0.39 is 23.0 Å². The van der Waals surface area contributed by atoms with Crippen LogP contribution in [-0.2, 0) is 9.59 Å². The molecule has 4 aromatic carbocycles. The minimum Gasteiger partial charge on any atom is -0.381 e. The summed E-state index contributed by atoms with van der Waals surface area (Å²) in [7, 11) is 0. The molecule has 1 unspecified atom stereocenters. The molecule has 0 radical (unpaired) electrons. The van der Waals surface area contributed by atoms with Crippen LogP contribution in [0.15, 0.2) is 126 Å². The van der Waals surface area contributed by atoms with E-state index in [4.69, 9.17) is 11.5 Å². The number of benzene rings is 4. The molecule has 0 aliphatic heterocycles. The van der Waals surface area contributed by atoms with E-state index in [-0.39, 0.29) is 36.4 Å². The van der Waals surface area contributed by atoms with Crippen LogP contribution in [0.2, 0.25) is 0 Å². The van der Waals surface area contributed by atoms with Crippen LogP contribution in [0, 0.1) is 10.1 Å². The van der Waals surface area contributed by atoms with Gasteiger partial charge in [-0.2, -0.15) is 0 Å². The second kappa shape index (κ2) is 16.5. The molecule has 2 atom stereocenters. The fourth-order valence-corrected chi connectivity index (χ4v) is 5.33. The predicted octanol–water partition coefficient (Wildman–Crippen LogP) is 4.30. The van der Waals surface area contributed by atoms with Crippen LogP contribution in [-0.4, -0.2) is 41.3 Å². The van der Waals surface area contributed by atoms with Gasteiger partial charge in [0.1, 0.15) is 6.04 Å². The van der Waals surface area contributed by atoms with Gasteiger partial charge in [0.25, 0.3) is 0 Å². The third-order valence-corrected chi connectivity index (χ3v) is 7.64. The number of nitrogens with one attached hydrogen (secondary N) is 2. The van der Waals surface area contributed by atoms with Crippen LogP contribution < -0.4 is 22.1 Å². The number of hydrogen-bond donors (Lipinski definition) is 4. The molecule has 4 rings (SSSR count). The Morgan fingerprint density at radius 3 is 1.58 bits per heavy atom. The summed E-state index contributed by atoms with van der Waals surface area (Å²) >= 11 is 0. The zero-order chi connectivity index (χ0) is 32.0. The minimum absolute atomic E-state index is 0.0489. The van der Waals surface area contributed by atoms with Gasteiger partial charge in [-0.25, -0.2) is 10.1 Å². The molecule has 0 saturated heterocycles. The molecule has 2 amide bonds. The number of carbonyl (C=O) groups is 2. The smallest absolute Gasteiger partial charge is 0.242 e. The van der Waals surface area contributed by atoms with Crippen molar-refractivity contribution in [1.82, 2.24) is 10.6 Å². The molecular weight excluding hydrogens is 568 g/mol. The SMILES string of the molecule is NC(=N[N+](=O)[O-])C(N)CC[C@H](NC(=O)C(c1ccccc1)c1ccccc1)C(=O)NCCC(c1ccccc1)c1ccccc1. The van der Waals surface area contributed by atoms with Crippen molar-refractivity contribution in [2.24, 2.45) is 16.6 Å². The first kappa shape index (κ1) is 32.6. The lowest BCUT2D eigenvalue weighted by molar-refractivity contribution is -0.485. The van der Waals surface area contributed by atoms with Gasteiger partial charge in [-0.15, -0.1) is 0 Å². The molecule has 0 aliphatic rings. The van der Waals surface area contributed by atoms with Gasteiger partial charge in [0.05, 0.1) is 17.1 Å². The molecule has 10 nitrogen and oxygen atoms in total. The highest BCUT2D eigenvalue weighted by Gasteiger charge is 2.29. The van der Waals surface area contributed by atoms with Crippen molar-refractivity contribution in [3.05, 3.63) is 154 Å². The van der Waals surface area contributed by atoms with Crippen molar-refractivity contribution in [3.8, 4) is 0 Å². The normalized spacial score (nSPS) is 12.8. The Morgan fingerprint density at radius 2 is 1.13 bits per heavy atom. The Hall–Kier alpha value is -5.35. The first-order valence-corrected chi connectivity index (χ1v) is 14.8. The van der Waals surface area contributed by atoms with Crippen LogP contribution in [0.5, 0.6) is 0 Å². The maximum atomic E-state index is 13.9. The van der Waals surface area contributed by atoms with Gasteiger partial charge >= 0.3 is 0 Å². The topological polar surface area (TPSA) is 166 Å². The molecule has 4 aromatic rings. The van der Waals surface area contributed by atoms with Crippen molar-refractivity contribution in [2.75, 3.05) is 6.54 Å². The Balaban J connectivity index is 1.53. The van der Waals surface area contributed by atoms with Crippen LogP contribution >= 0.6 is 0 Å². The zero-order valence-electron chi connectivity index (χ0n) is 24.9. The van der Waals surface area contributed by atoms with Gasteiger partial charge in [-0.05, 0) is 41.5 Å². The van der Waals surface area contributed by atoms with Crippen molar-refractivity contribution >= 4 is 17.6 Å². The minimum atomic E-state index is -0.978. The van der Waals surface area contributed by atoms with Gasteiger partial charge in [-0.3, -0.25) is 9.59 Å². The number of carbonyl (C=O) groups excluding carboxylic acids is 2. The van der Waals surface area contributed by atoms with Crippen LogP contribution in [0.1, 0.15) is 53.4 Å². The Bertz CT molecular complexity index is 1470. The van der Waals surface area contributed by atoms with Crippen molar-refractivity contribution < 1.29 is 14.6 Å². The molecule has 0 aliphatic carbocycles. The van der Waals surface area contributed by atoms with Crippen molar-refractivity contribution in [3.63, 3.8) is 0 Å². The van der Waals surface area contributed by atoms with Gasteiger partial charge in [-0.1, -0.05) is 121 Å². The number of amidine groups is 1. The van der Waals surface area contributed by atoms with E-state index in [0.29, 0.717) is 13.0 Å². The molecule has 0 heterocycles. The summed E-state index contributed by atoms with van der Waals surface area (Å²) in [5.74, 6) is -1.73. The molecule has 0 aromatic heterocycles. The number of rotatable bonds is 15. The van der Waals surface area contributed by atoms with E-state index in [1.165, 1.54) is 0 Å². The molecule has 45 heavy (non-hydrogen) atoms. The lowest BCUT2D eigenvalue weighted by atomic mass is 9.88. The number of hydrazone groups is 1. The zero-order valence-corrected chi connectivity index (χ0v) is 24.9. The van der Waals surface area contributed by atoms with Gasteiger partial charge in [0.2, 0.25) is 11.8 Å². The summed E-state index contributed by atoms with van der Waals surface area (Å²) in [5, 5.41) is 18.9. The number of nitrogens with two attached hydrogens (primary N) is 2. The van der Waals surface area contributed by atoms with E-state index in [1.807, 2.05) is 97.1 Å². The Kier molecular flexibility index (Phi) is 11.9. The third kappa shape index (κ3) is 9.57. The molecule has 232 valence electrons.